The number of hydrogen-bond acceptors (Lipinski definition) is 2. The molecule has 0 aliphatic carbocycles. The predicted octanol–water partition coefficient (Wildman–Crippen LogP) is 4.94. The lowest BCUT2D eigenvalue weighted by atomic mass is 10.2. The molecular weight excluding hydrogens is 287 g/mol. The molecule has 0 bridgehead atoms. The van der Waals surface area contributed by atoms with Crippen LogP contribution < -0.4 is 0 Å². The fraction of sp³-hybridized carbons (Fsp3) is 0.182. The summed E-state index contributed by atoms with van der Waals surface area (Å²) in [6, 6.07) is 3.32. The van der Waals surface area contributed by atoms with E-state index in [4.69, 9.17) is 34.8 Å². The molecule has 0 fully saturated rings. The van der Waals surface area contributed by atoms with Crippen molar-refractivity contribution in [3.8, 4) is 0 Å². The Labute approximate surface area is 114 Å². The van der Waals surface area contributed by atoms with Crippen LogP contribution >= 0.6 is 46.6 Å². The zero-order valence-corrected chi connectivity index (χ0v) is 11.6. The van der Waals surface area contributed by atoms with Crippen molar-refractivity contribution in [1.29, 1.82) is 0 Å². The largest absolute Gasteiger partial charge is 0.288 e. The Morgan fingerprint density at radius 1 is 1.38 bits per heavy atom. The molecule has 1 aromatic rings. The van der Waals surface area contributed by atoms with Crippen molar-refractivity contribution in [3.05, 3.63) is 38.8 Å². The van der Waals surface area contributed by atoms with Crippen LogP contribution in [-0.2, 0) is 4.79 Å². The highest BCUT2D eigenvalue weighted by molar-refractivity contribution is 8.13. The summed E-state index contributed by atoms with van der Waals surface area (Å²) in [4.78, 5) is 10.7. The van der Waals surface area contributed by atoms with E-state index in [9.17, 15) is 4.79 Å². The van der Waals surface area contributed by atoms with Gasteiger partial charge in [-0.2, -0.15) is 0 Å². The molecule has 16 heavy (non-hydrogen) atoms. The van der Waals surface area contributed by atoms with Crippen molar-refractivity contribution in [1.82, 2.24) is 0 Å². The molecule has 0 aliphatic heterocycles. The van der Waals surface area contributed by atoms with E-state index < -0.39 is 0 Å². The molecule has 0 aliphatic rings. The topological polar surface area (TPSA) is 17.1 Å². The van der Waals surface area contributed by atoms with Gasteiger partial charge in [-0.05, 0) is 17.7 Å². The molecule has 1 aromatic carbocycles. The highest BCUT2D eigenvalue weighted by Crippen LogP contribution is 2.30. The molecule has 0 saturated carbocycles. The van der Waals surface area contributed by atoms with Crippen molar-refractivity contribution in [3.63, 3.8) is 0 Å². The molecular formula is C11H9Cl3OS. The molecule has 0 saturated heterocycles. The molecule has 1 rings (SSSR count). The second-order valence-corrected chi connectivity index (χ2v) is 5.41. The summed E-state index contributed by atoms with van der Waals surface area (Å²) >= 11 is 18.9. The molecule has 5 heteroatoms. The molecule has 0 aromatic heterocycles. The maximum Gasteiger partial charge on any atom is 0.186 e. The minimum Gasteiger partial charge on any atom is -0.288 e. The Morgan fingerprint density at radius 3 is 2.69 bits per heavy atom. The van der Waals surface area contributed by atoms with Crippen molar-refractivity contribution >= 4 is 57.8 Å². The second kappa shape index (κ2) is 6.55. The van der Waals surface area contributed by atoms with Crippen molar-refractivity contribution in [2.24, 2.45) is 0 Å². The van der Waals surface area contributed by atoms with Crippen LogP contribution in [0.15, 0.2) is 18.2 Å². The summed E-state index contributed by atoms with van der Waals surface area (Å²) in [7, 11) is 0. The maximum atomic E-state index is 10.7. The lowest BCUT2D eigenvalue weighted by molar-refractivity contribution is -0.109. The number of rotatable bonds is 3. The number of halogens is 3. The summed E-state index contributed by atoms with van der Waals surface area (Å²) in [6.45, 7) is 1.53. The van der Waals surface area contributed by atoms with Crippen LogP contribution in [0.3, 0.4) is 0 Å². The molecule has 0 unspecified atom stereocenters. The number of carbonyl (C=O) groups is 1. The highest BCUT2D eigenvalue weighted by atomic mass is 35.5. The van der Waals surface area contributed by atoms with Crippen molar-refractivity contribution in [2.45, 2.75) is 6.92 Å². The third-order valence-electron chi connectivity index (χ3n) is 1.70. The first-order chi connectivity index (χ1) is 7.50. The third kappa shape index (κ3) is 4.38. The zero-order valence-electron chi connectivity index (χ0n) is 8.47. The van der Waals surface area contributed by atoms with Crippen LogP contribution in [0.25, 0.3) is 6.08 Å². The smallest absolute Gasteiger partial charge is 0.186 e. The van der Waals surface area contributed by atoms with E-state index in [1.165, 1.54) is 18.7 Å². The van der Waals surface area contributed by atoms with Gasteiger partial charge in [-0.15, -0.1) is 0 Å². The monoisotopic (exact) mass is 294 g/mol. The number of carbonyl (C=O) groups excluding carboxylic acids is 1. The van der Waals surface area contributed by atoms with Crippen LogP contribution in [0.4, 0.5) is 0 Å². The Bertz CT molecular complexity index is 429. The number of thioether (sulfide) groups is 1. The van der Waals surface area contributed by atoms with Crippen LogP contribution in [0.2, 0.25) is 15.1 Å². The number of hydrogen-bond donors (Lipinski definition) is 0. The maximum absolute atomic E-state index is 10.7. The molecule has 0 N–H and O–H groups in total. The number of benzene rings is 1. The predicted molar refractivity (Wildman–Crippen MR) is 73.6 cm³/mol. The second-order valence-electron chi connectivity index (χ2n) is 3.00. The van der Waals surface area contributed by atoms with Crippen LogP contribution in [-0.4, -0.2) is 10.9 Å². The van der Waals surface area contributed by atoms with Gasteiger partial charge in [-0.3, -0.25) is 4.79 Å². The lowest BCUT2D eigenvalue weighted by Gasteiger charge is -2.01. The first kappa shape index (κ1) is 13.9. The van der Waals surface area contributed by atoms with E-state index in [1.54, 1.807) is 18.2 Å². The van der Waals surface area contributed by atoms with Gasteiger partial charge in [0.15, 0.2) is 5.12 Å². The minimum atomic E-state index is 0.0832. The highest BCUT2D eigenvalue weighted by Gasteiger charge is 2.04. The fourth-order valence-corrected chi connectivity index (χ4v) is 2.15. The van der Waals surface area contributed by atoms with Gasteiger partial charge < -0.3 is 0 Å². The van der Waals surface area contributed by atoms with Gasteiger partial charge >= 0.3 is 0 Å². The molecule has 0 radical (unpaired) electrons. The Kier molecular flexibility index (Phi) is 5.70. The first-order valence-corrected chi connectivity index (χ1v) is 6.57. The minimum absolute atomic E-state index is 0.0832. The van der Waals surface area contributed by atoms with Gasteiger partial charge in [-0.1, -0.05) is 58.7 Å². The average Bonchev–Trinajstić information content (AvgIpc) is 2.19. The first-order valence-electron chi connectivity index (χ1n) is 4.45. The van der Waals surface area contributed by atoms with Gasteiger partial charge in [0, 0.05) is 17.7 Å². The molecule has 0 amide bonds. The summed E-state index contributed by atoms with van der Waals surface area (Å²) in [6.07, 6.45) is 3.65. The van der Waals surface area contributed by atoms with E-state index in [0.29, 0.717) is 20.8 Å². The van der Waals surface area contributed by atoms with E-state index in [1.807, 2.05) is 6.08 Å². The van der Waals surface area contributed by atoms with E-state index in [2.05, 4.69) is 0 Å². The Hall–Kier alpha value is -0.150. The Morgan fingerprint density at radius 2 is 2.06 bits per heavy atom. The normalized spacial score (nSPS) is 11.0. The van der Waals surface area contributed by atoms with Crippen LogP contribution in [0, 0.1) is 0 Å². The average molecular weight is 296 g/mol. The quantitative estimate of drug-likeness (QED) is 0.735. The van der Waals surface area contributed by atoms with Gasteiger partial charge in [-0.25, -0.2) is 0 Å². The summed E-state index contributed by atoms with van der Waals surface area (Å²) in [5.74, 6) is 0.607. The van der Waals surface area contributed by atoms with Crippen molar-refractivity contribution in [2.75, 3.05) is 5.75 Å². The van der Waals surface area contributed by atoms with E-state index in [0.717, 1.165) is 5.56 Å². The van der Waals surface area contributed by atoms with Crippen molar-refractivity contribution < 1.29 is 4.79 Å². The zero-order chi connectivity index (χ0) is 12.1. The third-order valence-corrected chi connectivity index (χ3v) is 3.50. The summed E-state index contributed by atoms with van der Waals surface area (Å²) < 4.78 is 0. The molecule has 0 atom stereocenters. The fourth-order valence-electron chi connectivity index (χ4n) is 1.04. The van der Waals surface area contributed by atoms with E-state index >= 15 is 0 Å². The molecule has 0 heterocycles. The summed E-state index contributed by atoms with van der Waals surface area (Å²) in [5.41, 5.74) is 0.753. The van der Waals surface area contributed by atoms with Gasteiger partial charge in [0.1, 0.15) is 0 Å². The van der Waals surface area contributed by atoms with Crippen LogP contribution in [0.1, 0.15) is 12.5 Å². The Balaban J connectivity index is 2.77. The van der Waals surface area contributed by atoms with E-state index in [-0.39, 0.29) is 5.12 Å². The molecule has 0 spiro atoms. The summed E-state index contributed by atoms with van der Waals surface area (Å²) in [5, 5.41) is 1.51. The van der Waals surface area contributed by atoms with Crippen LogP contribution in [0.5, 0.6) is 0 Å². The molecule has 1 nitrogen and oxygen atoms in total. The SMILES string of the molecule is CC(=O)SCC=Cc1cc(Cl)cc(Cl)c1Cl. The standard InChI is InChI=1S/C11H9Cl3OS/c1-7(15)16-4-2-3-8-5-9(12)6-10(13)11(8)14/h2-3,5-6H,4H2,1H3. The van der Waals surface area contributed by atoms with Gasteiger partial charge in [0.25, 0.3) is 0 Å². The lowest BCUT2D eigenvalue weighted by Crippen LogP contribution is -1.82. The molecule has 86 valence electrons. The van der Waals surface area contributed by atoms with Gasteiger partial charge in [0.2, 0.25) is 0 Å². The van der Waals surface area contributed by atoms with Gasteiger partial charge in [0.05, 0.1) is 10.0 Å².